The molecule has 0 radical (unpaired) electrons. The summed E-state index contributed by atoms with van der Waals surface area (Å²) >= 11 is 3.26. The molecule has 0 amide bonds. The Morgan fingerprint density at radius 1 is 1.42 bits per heavy atom. The van der Waals surface area contributed by atoms with Gasteiger partial charge in [-0.3, -0.25) is 0 Å². The van der Waals surface area contributed by atoms with E-state index < -0.39 is 10.0 Å². The van der Waals surface area contributed by atoms with Crippen molar-refractivity contribution in [2.24, 2.45) is 0 Å². The van der Waals surface area contributed by atoms with Gasteiger partial charge in [-0.1, -0.05) is 15.9 Å². The van der Waals surface area contributed by atoms with Crippen LogP contribution < -0.4 is 0 Å². The Morgan fingerprint density at radius 2 is 1.92 bits per heavy atom. The van der Waals surface area contributed by atoms with Crippen LogP contribution in [0.1, 0.15) is 20.3 Å². The molecular formula is C7H16BrNO2S. The van der Waals surface area contributed by atoms with E-state index in [4.69, 9.17) is 0 Å². The molecule has 12 heavy (non-hydrogen) atoms. The number of hydrogen-bond donors (Lipinski definition) is 0. The van der Waals surface area contributed by atoms with Gasteiger partial charge >= 0.3 is 0 Å². The van der Waals surface area contributed by atoms with E-state index in [-0.39, 0.29) is 5.25 Å². The largest absolute Gasteiger partial charge is 0.216 e. The van der Waals surface area contributed by atoms with Gasteiger partial charge < -0.3 is 0 Å². The quantitative estimate of drug-likeness (QED) is 0.700. The molecular weight excluding hydrogens is 242 g/mol. The molecule has 0 unspecified atom stereocenters. The Kier molecular flexibility index (Phi) is 5.36. The summed E-state index contributed by atoms with van der Waals surface area (Å²) in [5, 5.41) is 0.517. The third kappa shape index (κ3) is 3.41. The van der Waals surface area contributed by atoms with E-state index in [9.17, 15) is 8.42 Å². The van der Waals surface area contributed by atoms with Gasteiger partial charge in [0.15, 0.2) is 0 Å². The van der Waals surface area contributed by atoms with Gasteiger partial charge in [0, 0.05) is 18.9 Å². The Bertz CT molecular complexity index is 213. The SMILES string of the molecule is CC(C)S(=O)(=O)N(C)CCCBr. The van der Waals surface area contributed by atoms with Gasteiger partial charge in [0.2, 0.25) is 10.0 Å². The lowest BCUT2D eigenvalue weighted by molar-refractivity contribution is 0.463. The third-order valence-electron chi connectivity index (χ3n) is 1.64. The summed E-state index contributed by atoms with van der Waals surface area (Å²) in [5.74, 6) is 0. The van der Waals surface area contributed by atoms with Crippen molar-refractivity contribution >= 4 is 26.0 Å². The maximum atomic E-state index is 11.4. The summed E-state index contributed by atoms with van der Waals surface area (Å²) in [6.45, 7) is 3.98. The standard InChI is InChI=1S/C7H16BrNO2S/c1-7(2)12(10,11)9(3)6-4-5-8/h7H,4-6H2,1-3H3. The number of alkyl halides is 1. The number of sulfonamides is 1. The molecule has 5 heteroatoms. The zero-order valence-corrected chi connectivity index (χ0v) is 10.2. The fraction of sp³-hybridized carbons (Fsp3) is 1.00. The first kappa shape index (κ1) is 12.4. The monoisotopic (exact) mass is 257 g/mol. The zero-order chi connectivity index (χ0) is 9.78. The molecule has 3 nitrogen and oxygen atoms in total. The van der Waals surface area contributed by atoms with Crippen molar-refractivity contribution in [2.75, 3.05) is 18.9 Å². The van der Waals surface area contributed by atoms with Crippen LogP contribution in [0, 0.1) is 0 Å². The highest BCUT2D eigenvalue weighted by Gasteiger charge is 2.20. The minimum absolute atomic E-state index is 0.321. The summed E-state index contributed by atoms with van der Waals surface area (Å²) in [5.41, 5.74) is 0. The average Bonchev–Trinajstić information content (AvgIpc) is 1.99. The Labute approximate surface area is 83.3 Å². The maximum absolute atomic E-state index is 11.4. The van der Waals surface area contributed by atoms with E-state index in [2.05, 4.69) is 15.9 Å². The van der Waals surface area contributed by atoms with E-state index >= 15 is 0 Å². The van der Waals surface area contributed by atoms with Crippen molar-refractivity contribution in [1.82, 2.24) is 4.31 Å². The van der Waals surface area contributed by atoms with Gasteiger partial charge in [0.05, 0.1) is 5.25 Å². The maximum Gasteiger partial charge on any atom is 0.216 e. The van der Waals surface area contributed by atoms with E-state index in [1.165, 1.54) is 4.31 Å². The van der Waals surface area contributed by atoms with Crippen molar-refractivity contribution in [2.45, 2.75) is 25.5 Å². The van der Waals surface area contributed by atoms with Crippen molar-refractivity contribution in [3.8, 4) is 0 Å². The number of nitrogens with zero attached hydrogens (tertiary/aromatic N) is 1. The smallest absolute Gasteiger partial charge is 0.212 e. The molecule has 0 fully saturated rings. The number of hydrogen-bond acceptors (Lipinski definition) is 2. The first-order valence-corrected chi connectivity index (χ1v) is 6.56. The van der Waals surface area contributed by atoms with Crippen LogP contribution in [0.5, 0.6) is 0 Å². The minimum atomic E-state index is -3.04. The van der Waals surface area contributed by atoms with Crippen LogP contribution in [0.25, 0.3) is 0 Å². The molecule has 0 aromatic heterocycles. The molecule has 0 spiro atoms. The van der Waals surface area contributed by atoms with E-state index in [0.717, 1.165) is 11.8 Å². The fourth-order valence-corrected chi connectivity index (χ4v) is 2.12. The molecule has 0 aliphatic rings. The van der Waals surface area contributed by atoms with Gasteiger partial charge in [-0.15, -0.1) is 0 Å². The highest BCUT2D eigenvalue weighted by Crippen LogP contribution is 2.06. The number of halogens is 1. The molecule has 0 aliphatic heterocycles. The van der Waals surface area contributed by atoms with Crippen molar-refractivity contribution in [3.63, 3.8) is 0 Å². The lowest BCUT2D eigenvalue weighted by Crippen LogP contribution is -2.33. The molecule has 0 N–H and O–H groups in total. The molecule has 0 aliphatic carbocycles. The van der Waals surface area contributed by atoms with Crippen LogP contribution in [-0.2, 0) is 10.0 Å². The molecule has 0 aromatic carbocycles. The molecule has 0 atom stereocenters. The van der Waals surface area contributed by atoms with Crippen molar-refractivity contribution < 1.29 is 8.42 Å². The van der Waals surface area contributed by atoms with Crippen molar-refractivity contribution in [3.05, 3.63) is 0 Å². The molecule has 74 valence electrons. The molecule has 0 saturated carbocycles. The van der Waals surface area contributed by atoms with Crippen LogP contribution in [0.4, 0.5) is 0 Å². The van der Waals surface area contributed by atoms with Gasteiger partial charge in [-0.05, 0) is 20.3 Å². The summed E-state index contributed by atoms with van der Waals surface area (Å²) < 4.78 is 24.3. The fourth-order valence-electron chi connectivity index (χ4n) is 0.770. The first-order valence-electron chi connectivity index (χ1n) is 3.94. The van der Waals surface area contributed by atoms with Crippen LogP contribution in [-0.4, -0.2) is 36.9 Å². The zero-order valence-electron chi connectivity index (χ0n) is 7.75. The predicted molar refractivity (Wildman–Crippen MR) is 55.1 cm³/mol. The lowest BCUT2D eigenvalue weighted by Gasteiger charge is -2.18. The summed E-state index contributed by atoms with van der Waals surface area (Å²) in [6, 6.07) is 0. The van der Waals surface area contributed by atoms with Crippen LogP contribution in [0.2, 0.25) is 0 Å². The summed E-state index contributed by atoms with van der Waals surface area (Å²) in [6.07, 6.45) is 0.850. The second-order valence-corrected chi connectivity index (χ2v) is 6.35. The van der Waals surface area contributed by atoms with Crippen LogP contribution >= 0.6 is 15.9 Å². The first-order chi connectivity index (χ1) is 5.42. The highest BCUT2D eigenvalue weighted by atomic mass is 79.9. The Hall–Kier alpha value is 0.390. The second kappa shape index (κ2) is 5.19. The molecule has 0 bridgehead atoms. The average molecular weight is 258 g/mol. The van der Waals surface area contributed by atoms with E-state index in [1.54, 1.807) is 20.9 Å². The topological polar surface area (TPSA) is 37.4 Å². The minimum Gasteiger partial charge on any atom is -0.212 e. The summed E-state index contributed by atoms with van der Waals surface area (Å²) in [4.78, 5) is 0. The Balaban J connectivity index is 4.17. The van der Waals surface area contributed by atoms with Gasteiger partial charge in [0.25, 0.3) is 0 Å². The molecule has 0 rings (SSSR count). The summed E-state index contributed by atoms with van der Waals surface area (Å²) in [7, 11) is -1.41. The predicted octanol–water partition coefficient (Wildman–Crippen LogP) is 1.44. The molecule has 0 saturated heterocycles. The lowest BCUT2D eigenvalue weighted by atomic mass is 10.5. The second-order valence-electron chi connectivity index (χ2n) is 2.96. The molecule has 0 heterocycles. The van der Waals surface area contributed by atoms with Crippen LogP contribution in [0.15, 0.2) is 0 Å². The number of rotatable bonds is 5. The van der Waals surface area contributed by atoms with Crippen molar-refractivity contribution in [1.29, 1.82) is 0 Å². The highest BCUT2D eigenvalue weighted by molar-refractivity contribution is 9.09. The van der Waals surface area contributed by atoms with Crippen LogP contribution in [0.3, 0.4) is 0 Å². The molecule has 0 aromatic rings. The Morgan fingerprint density at radius 3 is 2.25 bits per heavy atom. The normalized spacial score (nSPS) is 12.8. The van der Waals surface area contributed by atoms with E-state index in [1.807, 2.05) is 0 Å². The third-order valence-corrected chi connectivity index (χ3v) is 4.44. The van der Waals surface area contributed by atoms with Gasteiger partial charge in [-0.2, -0.15) is 0 Å². The van der Waals surface area contributed by atoms with Gasteiger partial charge in [0.1, 0.15) is 0 Å². The van der Waals surface area contributed by atoms with Gasteiger partial charge in [-0.25, -0.2) is 12.7 Å². The van der Waals surface area contributed by atoms with E-state index in [0.29, 0.717) is 6.54 Å².